The van der Waals surface area contributed by atoms with Gasteiger partial charge < -0.3 is 34.6 Å². The molecule has 2 heterocycles. The summed E-state index contributed by atoms with van der Waals surface area (Å²) in [5.41, 5.74) is 6.30. The molecule has 2 aliphatic heterocycles. The largest absolute Gasteiger partial charge is 0.573 e. The van der Waals surface area contributed by atoms with E-state index in [1.54, 1.807) is 58.3 Å². The molecule has 3 saturated carbocycles. The van der Waals surface area contributed by atoms with Crippen LogP contribution in [-0.2, 0) is 19.3 Å². The fourth-order valence-electron chi connectivity index (χ4n) is 13.6. The fourth-order valence-corrected chi connectivity index (χ4v) is 15.0. The Morgan fingerprint density at radius 1 is 0.465 bits per heavy atom. The highest BCUT2D eigenvalue weighted by Gasteiger charge is 2.45. The molecule has 5 aromatic rings. The number of β-amino-alcohol motifs (C(OH)–C–C–N with tert-alkyl or cyclic N) is 2. The number of alkyl halides is 12. The predicted molar refractivity (Wildman–Crippen MR) is 316 cm³/mol. The zero-order chi connectivity index (χ0) is 62.0. The number of benzene rings is 5. The van der Waals surface area contributed by atoms with Gasteiger partial charge in [-0.3, -0.25) is 0 Å². The number of hydrogen-bond acceptors (Lipinski definition) is 7. The maximum Gasteiger partial charge on any atom is 0.573 e. The van der Waals surface area contributed by atoms with Crippen LogP contribution in [0.15, 0.2) is 112 Å². The summed E-state index contributed by atoms with van der Waals surface area (Å²) in [7, 11) is 0. The van der Waals surface area contributed by atoms with Gasteiger partial charge in [0.1, 0.15) is 11.5 Å². The lowest BCUT2D eigenvalue weighted by atomic mass is 9.78. The van der Waals surface area contributed by atoms with Gasteiger partial charge in [0, 0.05) is 32.4 Å². The SMILES string of the molecule is OC(CCc1c(Br)cccc1Br)C1CCCCC1.OC(CN1c2cccc(-c3cccc(OC(F)(F)F)c3)c2CCC1C1CCCCC1)C(F)(F)F.OC(CN1c2cccc(-c3cccc(OC(F)(F)F)c3)c2CCC1C1CCCCC1)C(F)(F)F. The second-order valence-corrected chi connectivity index (χ2v) is 25.1. The smallest absolute Gasteiger partial charge is 0.406 e. The van der Waals surface area contributed by atoms with Crippen LogP contribution in [0.4, 0.5) is 64.1 Å². The number of rotatable bonds is 14. The number of anilines is 2. The molecule has 472 valence electrons. The van der Waals surface area contributed by atoms with Crippen LogP contribution in [0.3, 0.4) is 0 Å². The normalized spacial score (nSPS) is 20.3. The van der Waals surface area contributed by atoms with Crippen molar-refractivity contribution < 1.29 is 77.5 Å². The number of aliphatic hydroxyl groups is 3. The lowest BCUT2D eigenvalue weighted by molar-refractivity contribution is -0.275. The first-order chi connectivity index (χ1) is 40.7. The van der Waals surface area contributed by atoms with Gasteiger partial charge in [0.15, 0.2) is 12.2 Å². The van der Waals surface area contributed by atoms with Gasteiger partial charge in [0.2, 0.25) is 0 Å². The molecule has 7 nitrogen and oxygen atoms in total. The molecule has 21 heteroatoms. The quantitative estimate of drug-likeness (QED) is 0.0955. The molecular weight excluding hydrogens is 1280 g/mol. The van der Waals surface area contributed by atoms with Crippen molar-refractivity contribution in [2.24, 2.45) is 17.8 Å². The van der Waals surface area contributed by atoms with Gasteiger partial charge >= 0.3 is 25.1 Å². The second kappa shape index (κ2) is 29.7. The van der Waals surface area contributed by atoms with Crippen molar-refractivity contribution in [2.75, 3.05) is 22.9 Å². The molecule has 5 aromatic carbocycles. The van der Waals surface area contributed by atoms with Gasteiger partial charge in [-0.2, -0.15) is 26.3 Å². The Morgan fingerprint density at radius 2 is 0.837 bits per heavy atom. The summed E-state index contributed by atoms with van der Waals surface area (Å²) >= 11 is 7.16. The van der Waals surface area contributed by atoms with Gasteiger partial charge in [-0.25, -0.2) is 0 Å². The van der Waals surface area contributed by atoms with Crippen molar-refractivity contribution in [3.05, 3.63) is 129 Å². The number of aliphatic hydroxyl groups excluding tert-OH is 3. The van der Waals surface area contributed by atoms with Crippen molar-refractivity contribution in [2.45, 2.75) is 190 Å². The first-order valence-electron chi connectivity index (χ1n) is 29.8. The van der Waals surface area contributed by atoms with E-state index in [9.17, 15) is 68.0 Å². The van der Waals surface area contributed by atoms with E-state index in [0.29, 0.717) is 65.2 Å². The second-order valence-electron chi connectivity index (χ2n) is 23.4. The Labute approximate surface area is 511 Å². The summed E-state index contributed by atoms with van der Waals surface area (Å²) in [6, 6.07) is 27.5. The molecule has 3 N–H and O–H groups in total. The third-order valence-electron chi connectivity index (χ3n) is 17.7. The van der Waals surface area contributed by atoms with Gasteiger partial charge in [-0.1, -0.05) is 144 Å². The van der Waals surface area contributed by atoms with E-state index >= 15 is 0 Å². The third kappa shape index (κ3) is 18.5. The van der Waals surface area contributed by atoms with E-state index in [0.717, 1.165) is 97.1 Å². The number of nitrogens with zero attached hydrogens (tertiary/aromatic N) is 2. The van der Waals surface area contributed by atoms with Crippen LogP contribution in [-0.4, -0.2) is 83.9 Å². The van der Waals surface area contributed by atoms with E-state index in [1.807, 2.05) is 6.07 Å². The van der Waals surface area contributed by atoms with Crippen LogP contribution < -0.4 is 19.3 Å². The summed E-state index contributed by atoms with van der Waals surface area (Å²) in [4.78, 5) is 3.37. The molecule has 10 rings (SSSR count). The molecule has 86 heavy (non-hydrogen) atoms. The Kier molecular flexibility index (Phi) is 23.3. The Hall–Kier alpha value is -4.70. The summed E-state index contributed by atoms with van der Waals surface area (Å²) in [6.07, 6.45) is -3.53. The van der Waals surface area contributed by atoms with Gasteiger partial charge in [0.05, 0.1) is 19.2 Å². The fraction of sp³-hybridized carbons (Fsp3) is 0.538. The van der Waals surface area contributed by atoms with Crippen molar-refractivity contribution in [3.8, 4) is 33.8 Å². The van der Waals surface area contributed by atoms with Crippen LogP contribution in [0.2, 0.25) is 0 Å². The van der Waals surface area contributed by atoms with Gasteiger partial charge in [-0.15, -0.1) is 26.3 Å². The van der Waals surface area contributed by atoms with Crippen molar-refractivity contribution in [1.82, 2.24) is 0 Å². The average Bonchev–Trinajstić information content (AvgIpc) is 1.65. The molecule has 0 spiro atoms. The van der Waals surface area contributed by atoms with E-state index in [-0.39, 0.29) is 41.5 Å². The molecule has 0 aromatic heterocycles. The summed E-state index contributed by atoms with van der Waals surface area (Å²) in [6.45, 7) is -1.14. The van der Waals surface area contributed by atoms with Crippen LogP contribution in [0.5, 0.6) is 11.5 Å². The Balaban J connectivity index is 0.000000176. The highest BCUT2D eigenvalue weighted by Crippen LogP contribution is 2.46. The topological polar surface area (TPSA) is 85.6 Å². The molecule has 3 aliphatic carbocycles. The van der Waals surface area contributed by atoms with Gasteiger partial charge in [-0.05, 0) is 182 Å². The maximum atomic E-state index is 13.3. The van der Waals surface area contributed by atoms with Crippen LogP contribution in [0.1, 0.15) is 132 Å². The minimum absolute atomic E-state index is 0.125. The zero-order valence-corrected chi connectivity index (χ0v) is 50.7. The van der Waals surface area contributed by atoms with E-state index < -0.39 is 50.4 Å². The van der Waals surface area contributed by atoms with Crippen molar-refractivity contribution in [1.29, 1.82) is 0 Å². The molecule has 5 atom stereocenters. The molecule has 3 fully saturated rings. The zero-order valence-electron chi connectivity index (χ0n) is 47.5. The first-order valence-corrected chi connectivity index (χ1v) is 31.4. The van der Waals surface area contributed by atoms with Crippen LogP contribution in [0.25, 0.3) is 22.3 Å². The molecular formula is C65H74Br2F12N2O5. The van der Waals surface area contributed by atoms with Gasteiger partial charge in [0.25, 0.3) is 0 Å². The molecule has 5 unspecified atom stereocenters. The molecule has 5 aliphatic rings. The minimum Gasteiger partial charge on any atom is -0.406 e. The maximum absolute atomic E-state index is 13.3. The molecule has 0 amide bonds. The third-order valence-corrected chi connectivity index (χ3v) is 19.2. The van der Waals surface area contributed by atoms with E-state index in [1.165, 1.54) is 74.1 Å². The average molecular weight is 1350 g/mol. The summed E-state index contributed by atoms with van der Waals surface area (Å²) < 4.78 is 166. The monoisotopic (exact) mass is 1350 g/mol. The highest BCUT2D eigenvalue weighted by molar-refractivity contribution is 9.11. The van der Waals surface area contributed by atoms with E-state index in [2.05, 4.69) is 53.5 Å². The number of fused-ring (bicyclic) bond motifs is 2. The molecule has 0 radical (unpaired) electrons. The van der Waals surface area contributed by atoms with Crippen LogP contribution in [0, 0.1) is 17.8 Å². The number of ether oxygens (including phenoxy) is 2. The van der Waals surface area contributed by atoms with Crippen molar-refractivity contribution in [3.63, 3.8) is 0 Å². The lowest BCUT2D eigenvalue weighted by Crippen LogP contribution is -2.51. The molecule has 0 bridgehead atoms. The summed E-state index contributed by atoms with van der Waals surface area (Å²) in [5, 5.41) is 30.1. The standard InChI is InChI=1S/2C25H27F6NO2.C15H20Br2O/c2*26-24(27,28)23(33)15-32-21(16-6-2-1-3-7-16)13-12-20-19(10-5-11-22(20)32)17-8-4-9-18(14-17)34-25(29,30)31;16-13-7-4-8-14(17)12(13)9-10-15(18)11-5-2-1-3-6-11/h2*4-5,8-11,14,16,21,23,33H,1-3,6-7,12-13,15H2;4,7-8,11,15,18H,1-3,5-6,9-10H2. The number of hydrogen-bond donors (Lipinski definition) is 3. The lowest BCUT2D eigenvalue weighted by Gasteiger charge is -2.45. The Bertz CT molecular complexity index is 2780. The van der Waals surface area contributed by atoms with E-state index in [4.69, 9.17) is 0 Å². The highest BCUT2D eigenvalue weighted by atomic mass is 79.9. The van der Waals surface area contributed by atoms with Crippen LogP contribution >= 0.6 is 31.9 Å². The first kappa shape index (κ1) is 67.2. The Morgan fingerprint density at radius 3 is 1.22 bits per heavy atom. The number of halogens is 14. The molecule has 0 saturated heterocycles. The summed E-state index contributed by atoms with van der Waals surface area (Å²) in [5.74, 6) is 0.301. The minimum atomic E-state index is -4.83. The predicted octanol–water partition coefficient (Wildman–Crippen LogP) is 18.8. The van der Waals surface area contributed by atoms with Crippen molar-refractivity contribution >= 4 is 43.2 Å².